The van der Waals surface area contributed by atoms with Gasteiger partial charge in [-0.2, -0.15) is 0 Å². The molecule has 0 radical (unpaired) electrons. The monoisotopic (exact) mass is 328 g/mol. The zero-order chi connectivity index (χ0) is 10.7. The van der Waals surface area contributed by atoms with Gasteiger partial charge in [0.25, 0.3) is 0 Å². The van der Waals surface area contributed by atoms with E-state index in [0.29, 0.717) is 9.13 Å². The van der Waals surface area contributed by atoms with Crippen molar-refractivity contribution in [2.45, 2.75) is 6.42 Å². The Morgan fingerprint density at radius 3 is 2.86 bits per heavy atom. The Balaban J connectivity index is 3.00. The fourth-order valence-electron chi connectivity index (χ4n) is 0.930. The Kier molecular flexibility index (Phi) is 4.12. The lowest BCUT2D eigenvalue weighted by Crippen LogP contribution is -2.06. The molecule has 1 rings (SSSR count). The average Bonchev–Trinajstić information content (AvgIpc) is 2.19. The number of ether oxygens (including phenoxy) is 1. The van der Waals surface area contributed by atoms with Crippen molar-refractivity contribution in [3.8, 4) is 0 Å². The van der Waals surface area contributed by atoms with Gasteiger partial charge in [-0.1, -0.05) is 17.7 Å². The highest BCUT2D eigenvalue weighted by Gasteiger charge is 2.12. The van der Waals surface area contributed by atoms with Crippen molar-refractivity contribution in [2.75, 3.05) is 7.11 Å². The molecule has 0 fully saturated rings. The fraction of sp³-hybridized carbons (Fsp3) is 0.222. The van der Waals surface area contributed by atoms with E-state index in [-0.39, 0.29) is 11.4 Å². The summed E-state index contributed by atoms with van der Waals surface area (Å²) in [4.78, 5) is 10.9. The number of methoxy groups -OCH3 is 1. The minimum absolute atomic E-state index is 0.0583. The summed E-state index contributed by atoms with van der Waals surface area (Å²) < 4.78 is 18.1. The van der Waals surface area contributed by atoms with Crippen LogP contribution in [0.15, 0.2) is 12.1 Å². The molecule has 2 nitrogen and oxygen atoms in total. The maximum absolute atomic E-state index is 13.3. The smallest absolute Gasteiger partial charge is 0.310 e. The third kappa shape index (κ3) is 2.57. The summed E-state index contributed by atoms with van der Waals surface area (Å²) in [6.07, 6.45) is 0.0584. The van der Waals surface area contributed by atoms with Crippen molar-refractivity contribution < 1.29 is 13.9 Å². The van der Waals surface area contributed by atoms with Crippen LogP contribution in [0, 0.1) is 9.39 Å². The normalized spacial score (nSPS) is 10.0. The van der Waals surface area contributed by atoms with Gasteiger partial charge in [-0.15, -0.1) is 0 Å². The van der Waals surface area contributed by atoms with Crippen molar-refractivity contribution in [2.24, 2.45) is 0 Å². The number of hydrogen-bond donors (Lipinski definition) is 0. The van der Waals surface area contributed by atoms with Crippen molar-refractivity contribution in [3.05, 3.63) is 32.1 Å². The van der Waals surface area contributed by atoms with E-state index in [2.05, 4.69) is 4.74 Å². The molecule has 0 aliphatic carbocycles. The molecule has 0 amide bonds. The number of esters is 1. The highest BCUT2D eigenvalue weighted by molar-refractivity contribution is 14.1. The summed E-state index contributed by atoms with van der Waals surface area (Å²) in [6, 6.07) is 3.04. The van der Waals surface area contributed by atoms with E-state index in [1.54, 1.807) is 6.07 Å². The molecule has 0 aliphatic heterocycles. The Bertz CT molecular complexity index is 368. The van der Waals surface area contributed by atoms with E-state index in [0.717, 1.165) is 0 Å². The summed E-state index contributed by atoms with van der Waals surface area (Å²) >= 11 is 7.37. The van der Waals surface area contributed by atoms with Gasteiger partial charge < -0.3 is 4.74 Å². The number of rotatable bonds is 2. The third-order valence-electron chi connectivity index (χ3n) is 1.68. The summed E-state index contributed by atoms with van der Waals surface area (Å²) in [5, 5.41) is 0.0583. The van der Waals surface area contributed by atoms with E-state index in [1.807, 2.05) is 22.6 Å². The van der Waals surface area contributed by atoms with Gasteiger partial charge in [-0.3, -0.25) is 4.79 Å². The largest absolute Gasteiger partial charge is 0.469 e. The average molecular weight is 329 g/mol. The van der Waals surface area contributed by atoms with Gasteiger partial charge in [0.1, 0.15) is 0 Å². The van der Waals surface area contributed by atoms with E-state index >= 15 is 0 Å². The first-order chi connectivity index (χ1) is 6.56. The van der Waals surface area contributed by atoms with Gasteiger partial charge in [0.15, 0.2) is 5.82 Å². The fourth-order valence-corrected chi connectivity index (χ4v) is 1.91. The molecule has 76 valence electrons. The molecular formula is C9H7ClFIO2. The van der Waals surface area contributed by atoms with Crippen molar-refractivity contribution in [1.29, 1.82) is 0 Å². The molecule has 1 aromatic rings. The van der Waals surface area contributed by atoms with Crippen LogP contribution < -0.4 is 0 Å². The maximum Gasteiger partial charge on any atom is 0.310 e. The van der Waals surface area contributed by atoms with E-state index in [9.17, 15) is 9.18 Å². The first-order valence-corrected chi connectivity index (χ1v) is 5.21. The van der Waals surface area contributed by atoms with Gasteiger partial charge >= 0.3 is 5.97 Å². The molecule has 0 unspecified atom stereocenters. The predicted molar refractivity (Wildman–Crippen MR) is 59.8 cm³/mol. The molecule has 0 spiro atoms. The SMILES string of the molecule is COC(=O)Cc1ccc(Cl)c(F)c1I. The van der Waals surface area contributed by atoms with Crippen LogP contribution in [0.25, 0.3) is 0 Å². The van der Waals surface area contributed by atoms with Crippen molar-refractivity contribution in [1.82, 2.24) is 0 Å². The highest BCUT2D eigenvalue weighted by atomic mass is 127. The van der Waals surface area contributed by atoms with Crippen LogP contribution >= 0.6 is 34.2 Å². The number of carbonyl (C=O) groups excluding carboxylic acids is 1. The number of halogens is 3. The van der Waals surface area contributed by atoms with Crippen LogP contribution in [0.3, 0.4) is 0 Å². The van der Waals surface area contributed by atoms with Crippen LogP contribution in [-0.2, 0) is 16.0 Å². The molecule has 14 heavy (non-hydrogen) atoms. The summed E-state index contributed by atoms with van der Waals surface area (Å²) in [5.74, 6) is -0.890. The number of benzene rings is 1. The second-order valence-corrected chi connectivity index (χ2v) is 4.07. The molecule has 0 N–H and O–H groups in total. The van der Waals surface area contributed by atoms with Gasteiger partial charge in [0.05, 0.1) is 22.1 Å². The predicted octanol–water partition coefficient (Wildman–Crippen LogP) is 2.80. The molecule has 0 heterocycles. The molecular weight excluding hydrogens is 321 g/mol. The second kappa shape index (κ2) is 4.93. The summed E-state index contributed by atoms with van der Waals surface area (Å²) in [6.45, 7) is 0. The summed E-state index contributed by atoms with van der Waals surface area (Å²) in [5.41, 5.74) is 0.583. The third-order valence-corrected chi connectivity index (χ3v) is 3.14. The minimum atomic E-state index is -0.492. The number of carbonyl (C=O) groups is 1. The standard InChI is InChI=1S/C9H7ClFIO2/c1-14-7(13)4-5-2-3-6(10)8(11)9(5)12/h2-3H,4H2,1H3. The zero-order valence-electron chi connectivity index (χ0n) is 7.31. The first-order valence-electron chi connectivity index (χ1n) is 3.75. The number of hydrogen-bond acceptors (Lipinski definition) is 2. The van der Waals surface area contributed by atoms with E-state index < -0.39 is 11.8 Å². The van der Waals surface area contributed by atoms with Gasteiger partial charge in [0, 0.05) is 0 Å². The van der Waals surface area contributed by atoms with E-state index in [4.69, 9.17) is 11.6 Å². The lowest BCUT2D eigenvalue weighted by atomic mass is 10.1. The Labute approximate surface area is 99.5 Å². The highest BCUT2D eigenvalue weighted by Crippen LogP contribution is 2.23. The van der Waals surface area contributed by atoms with Crippen LogP contribution in [0.1, 0.15) is 5.56 Å². The Morgan fingerprint density at radius 2 is 2.29 bits per heavy atom. The quantitative estimate of drug-likeness (QED) is 0.474. The van der Waals surface area contributed by atoms with Crippen molar-refractivity contribution >= 4 is 40.2 Å². The molecule has 5 heteroatoms. The Hall–Kier alpha value is -0.360. The molecule has 0 aliphatic rings. The van der Waals surface area contributed by atoms with Gasteiger partial charge in [-0.25, -0.2) is 4.39 Å². The molecule has 0 saturated heterocycles. The topological polar surface area (TPSA) is 26.3 Å². The van der Waals surface area contributed by atoms with Crippen LogP contribution in [0.4, 0.5) is 4.39 Å². The molecule has 0 atom stereocenters. The lowest BCUT2D eigenvalue weighted by Gasteiger charge is -2.05. The van der Waals surface area contributed by atoms with Crippen LogP contribution in [-0.4, -0.2) is 13.1 Å². The molecule has 0 saturated carbocycles. The lowest BCUT2D eigenvalue weighted by molar-refractivity contribution is -0.139. The first kappa shape index (κ1) is 11.7. The van der Waals surface area contributed by atoms with E-state index in [1.165, 1.54) is 13.2 Å². The summed E-state index contributed by atoms with van der Waals surface area (Å²) in [7, 11) is 1.29. The molecule has 0 aromatic heterocycles. The molecule has 1 aromatic carbocycles. The molecule has 0 bridgehead atoms. The maximum atomic E-state index is 13.3. The Morgan fingerprint density at radius 1 is 1.64 bits per heavy atom. The minimum Gasteiger partial charge on any atom is -0.469 e. The second-order valence-electron chi connectivity index (χ2n) is 2.59. The van der Waals surface area contributed by atoms with Crippen LogP contribution in [0.5, 0.6) is 0 Å². The van der Waals surface area contributed by atoms with Crippen LogP contribution in [0.2, 0.25) is 5.02 Å². The zero-order valence-corrected chi connectivity index (χ0v) is 10.2. The van der Waals surface area contributed by atoms with Crippen molar-refractivity contribution in [3.63, 3.8) is 0 Å². The van der Waals surface area contributed by atoms with Gasteiger partial charge in [-0.05, 0) is 34.2 Å². The van der Waals surface area contributed by atoms with Gasteiger partial charge in [0.2, 0.25) is 0 Å².